The van der Waals surface area contributed by atoms with Gasteiger partial charge in [0.2, 0.25) is 11.9 Å². The van der Waals surface area contributed by atoms with Crippen LogP contribution in [0.5, 0.6) is 0 Å². The zero-order chi connectivity index (χ0) is 38.1. The Labute approximate surface area is 317 Å². The van der Waals surface area contributed by atoms with E-state index >= 15 is 0 Å². The number of esters is 2. The summed E-state index contributed by atoms with van der Waals surface area (Å²) in [5, 5.41) is 23.7. The summed E-state index contributed by atoms with van der Waals surface area (Å²) in [7, 11) is 1.20. The van der Waals surface area contributed by atoms with Gasteiger partial charge in [0.15, 0.2) is 0 Å². The molecule has 1 saturated carbocycles. The van der Waals surface area contributed by atoms with Crippen LogP contribution in [0.3, 0.4) is 0 Å². The van der Waals surface area contributed by atoms with E-state index < -0.39 is 24.0 Å². The van der Waals surface area contributed by atoms with Gasteiger partial charge in [0, 0.05) is 43.5 Å². The first-order chi connectivity index (χ1) is 26.3. The molecule has 17 nitrogen and oxygen atoms in total. The molecule has 54 heavy (non-hydrogen) atoms. The predicted molar refractivity (Wildman–Crippen MR) is 205 cm³/mol. The number of nitrogens with two attached hydrogens (primary N) is 2. The van der Waals surface area contributed by atoms with E-state index in [1.165, 1.54) is 39.2 Å². The van der Waals surface area contributed by atoms with Gasteiger partial charge in [-0.25, -0.2) is 4.98 Å². The van der Waals surface area contributed by atoms with Crippen molar-refractivity contribution in [2.75, 3.05) is 57.1 Å². The highest BCUT2D eigenvalue weighted by molar-refractivity contribution is 5.90. The Balaban J connectivity index is 1.01. The second-order valence-electron chi connectivity index (χ2n) is 14.2. The minimum atomic E-state index is -1.09. The predicted octanol–water partition coefficient (Wildman–Crippen LogP) is 1.68. The van der Waals surface area contributed by atoms with Crippen LogP contribution >= 0.6 is 0 Å². The van der Waals surface area contributed by atoms with Crippen LogP contribution in [0.15, 0.2) is 30.5 Å². The molecule has 3 heterocycles. The highest BCUT2D eigenvalue weighted by Gasteiger charge is 2.26. The highest BCUT2D eigenvalue weighted by atomic mass is 16.5. The number of carbonyl (C=O) groups is 3. The number of likely N-dealkylation sites (tertiary alicyclic amines) is 1. The molecule has 0 radical (unpaired) electrons. The minimum absolute atomic E-state index is 0.0801. The quantitative estimate of drug-likeness (QED) is 0.0672. The SMILES string of the molecule is COC(=O)[C@@H](N)COC(=O)[C@@H](N)CCC(=O)N1CCC(Nc2nc(NCc3cn(CCCNCCCNC4CCCCC4)nn3)nc3ccccc23)CC1. The fraction of sp³-hybridized carbons (Fsp3) is 0.649. The summed E-state index contributed by atoms with van der Waals surface area (Å²) in [6, 6.07) is 6.59. The number of methoxy groups -OCH3 is 1. The molecule has 17 heteroatoms. The van der Waals surface area contributed by atoms with Crippen LogP contribution in [0.1, 0.15) is 76.3 Å². The average molecular weight is 751 g/mol. The number of hydrogen-bond acceptors (Lipinski definition) is 15. The lowest BCUT2D eigenvalue weighted by atomic mass is 9.95. The number of carbonyl (C=O) groups excluding carboxylic acids is 3. The average Bonchev–Trinajstić information content (AvgIpc) is 3.66. The molecule has 1 saturated heterocycles. The second-order valence-corrected chi connectivity index (χ2v) is 14.2. The number of para-hydroxylation sites is 1. The van der Waals surface area contributed by atoms with Gasteiger partial charge < -0.3 is 47.1 Å². The lowest BCUT2D eigenvalue weighted by Crippen LogP contribution is -2.43. The van der Waals surface area contributed by atoms with Gasteiger partial charge in [-0.2, -0.15) is 4.98 Å². The lowest BCUT2D eigenvalue weighted by molar-refractivity contribution is -0.150. The van der Waals surface area contributed by atoms with Gasteiger partial charge in [-0.05, 0) is 76.7 Å². The van der Waals surface area contributed by atoms with E-state index in [2.05, 4.69) is 36.3 Å². The Morgan fingerprint density at radius 3 is 2.50 bits per heavy atom. The Bertz CT molecular complexity index is 1630. The Kier molecular flexibility index (Phi) is 16.2. The summed E-state index contributed by atoms with van der Waals surface area (Å²) in [4.78, 5) is 47.8. The molecule has 1 aliphatic carbocycles. The van der Waals surface area contributed by atoms with Crippen molar-refractivity contribution in [1.29, 1.82) is 0 Å². The molecule has 2 aliphatic rings. The molecule has 5 rings (SSSR count). The minimum Gasteiger partial charge on any atom is -0.468 e. The number of anilines is 2. The second kappa shape index (κ2) is 21.4. The molecule has 0 spiro atoms. The van der Waals surface area contributed by atoms with Crippen molar-refractivity contribution in [2.45, 2.75) is 108 Å². The number of nitrogens with one attached hydrogen (secondary N) is 4. The molecule has 0 bridgehead atoms. The van der Waals surface area contributed by atoms with Crippen molar-refractivity contribution in [2.24, 2.45) is 11.5 Å². The first-order valence-electron chi connectivity index (χ1n) is 19.4. The molecule has 3 aromatic rings. The summed E-state index contributed by atoms with van der Waals surface area (Å²) in [6.45, 7) is 5.05. The first kappa shape index (κ1) is 40.7. The van der Waals surface area contributed by atoms with Crippen molar-refractivity contribution in [3.05, 3.63) is 36.2 Å². The molecule has 2 atom stereocenters. The van der Waals surface area contributed by atoms with Crippen LogP contribution in [0.2, 0.25) is 0 Å². The molecule has 8 N–H and O–H groups in total. The molecule has 0 unspecified atom stereocenters. The molecule has 296 valence electrons. The van der Waals surface area contributed by atoms with E-state index in [1.54, 1.807) is 4.90 Å². The van der Waals surface area contributed by atoms with E-state index in [1.807, 2.05) is 35.1 Å². The van der Waals surface area contributed by atoms with Crippen LogP contribution in [0.25, 0.3) is 10.9 Å². The Morgan fingerprint density at radius 2 is 1.70 bits per heavy atom. The van der Waals surface area contributed by atoms with Crippen LogP contribution < -0.4 is 32.7 Å². The molecule has 1 aliphatic heterocycles. The lowest BCUT2D eigenvalue weighted by Gasteiger charge is -2.33. The number of rotatable bonds is 21. The van der Waals surface area contributed by atoms with Gasteiger partial charge in [0.25, 0.3) is 0 Å². The van der Waals surface area contributed by atoms with Crippen LogP contribution in [-0.2, 0) is 36.9 Å². The van der Waals surface area contributed by atoms with E-state index in [0.717, 1.165) is 80.3 Å². The van der Waals surface area contributed by atoms with E-state index in [4.69, 9.17) is 26.2 Å². The standard InChI is InChI=1S/C37H58N12O5/c1-53-35(51)31(39)25-54-36(52)30(38)13-14-33(50)48-21-15-27(16-22-48)43-34-29-11-5-6-12-32(29)44-37(45-34)42-23-28-24-49(47-46-28)20-8-18-40-17-7-19-41-26-9-3-2-4-10-26/h5-6,11-12,24,26-27,30-31,40-41H,2-4,7-10,13-23,25,38-39H2,1H3,(H2,42,43,44,45)/t30-,31-/m0/s1. The third kappa shape index (κ3) is 12.8. The number of amides is 1. The van der Waals surface area contributed by atoms with Gasteiger partial charge in [0.05, 0.1) is 25.4 Å². The molecular weight excluding hydrogens is 692 g/mol. The summed E-state index contributed by atoms with van der Waals surface area (Å²) >= 11 is 0. The summed E-state index contributed by atoms with van der Waals surface area (Å²) in [6.07, 6.45) is 12.5. The number of hydrogen-bond donors (Lipinski definition) is 6. The smallest absolute Gasteiger partial charge is 0.326 e. The molecular formula is C37H58N12O5. The highest BCUT2D eigenvalue weighted by Crippen LogP contribution is 2.25. The van der Waals surface area contributed by atoms with Gasteiger partial charge in [-0.3, -0.25) is 19.1 Å². The van der Waals surface area contributed by atoms with Crippen molar-refractivity contribution < 1.29 is 23.9 Å². The molecule has 1 amide bonds. The fourth-order valence-electron chi connectivity index (χ4n) is 6.80. The maximum atomic E-state index is 12.9. The van der Waals surface area contributed by atoms with E-state index in [0.29, 0.717) is 25.6 Å². The van der Waals surface area contributed by atoms with Crippen molar-refractivity contribution in [3.8, 4) is 0 Å². The number of benzene rings is 1. The molecule has 2 fully saturated rings. The first-order valence-corrected chi connectivity index (χ1v) is 19.4. The number of fused-ring (bicyclic) bond motifs is 1. The zero-order valence-corrected chi connectivity index (χ0v) is 31.5. The summed E-state index contributed by atoms with van der Waals surface area (Å²) in [5.41, 5.74) is 13.1. The van der Waals surface area contributed by atoms with Gasteiger partial charge >= 0.3 is 11.9 Å². The van der Waals surface area contributed by atoms with Gasteiger partial charge in [-0.15, -0.1) is 5.10 Å². The van der Waals surface area contributed by atoms with Gasteiger partial charge in [0.1, 0.15) is 30.2 Å². The monoisotopic (exact) mass is 750 g/mol. The summed E-state index contributed by atoms with van der Waals surface area (Å²) < 4.78 is 11.4. The number of piperidine rings is 1. The summed E-state index contributed by atoms with van der Waals surface area (Å²) in [5.74, 6) is -0.273. The van der Waals surface area contributed by atoms with Crippen LogP contribution in [0.4, 0.5) is 11.8 Å². The van der Waals surface area contributed by atoms with E-state index in [9.17, 15) is 14.4 Å². The van der Waals surface area contributed by atoms with Crippen molar-refractivity contribution >= 4 is 40.5 Å². The van der Waals surface area contributed by atoms with Crippen molar-refractivity contribution in [3.63, 3.8) is 0 Å². The normalized spacial score (nSPS) is 16.5. The number of aryl methyl sites for hydroxylation is 1. The molecule has 1 aromatic carbocycles. The maximum Gasteiger partial charge on any atom is 0.326 e. The van der Waals surface area contributed by atoms with Crippen LogP contribution in [-0.4, -0.2) is 118 Å². The van der Waals surface area contributed by atoms with Gasteiger partial charge in [-0.1, -0.05) is 36.6 Å². The van der Waals surface area contributed by atoms with Crippen molar-refractivity contribution in [1.82, 2.24) is 40.5 Å². The van der Waals surface area contributed by atoms with Crippen LogP contribution in [0, 0.1) is 0 Å². The number of ether oxygens (including phenoxy) is 2. The fourth-order valence-corrected chi connectivity index (χ4v) is 6.80. The number of nitrogens with zero attached hydrogens (tertiary/aromatic N) is 6. The topological polar surface area (TPSA) is 230 Å². The zero-order valence-electron chi connectivity index (χ0n) is 31.5. The Morgan fingerprint density at radius 1 is 0.926 bits per heavy atom. The molecule has 2 aromatic heterocycles. The van der Waals surface area contributed by atoms with E-state index in [-0.39, 0.29) is 31.4 Å². The third-order valence-electron chi connectivity index (χ3n) is 10.00. The largest absolute Gasteiger partial charge is 0.468 e. The third-order valence-corrected chi connectivity index (χ3v) is 10.00. The Hall–Kier alpha value is -4.45. The maximum absolute atomic E-state index is 12.9. The number of aromatic nitrogens is 5.